The average molecular weight is 601 g/mol. The summed E-state index contributed by atoms with van der Waals surface area (Å²) in [5.74, 6) is 0.0720. The van der Waals surface area contributed by atoms with Crippen molar-refractivity contribution in [2.75, 3.05) is 33.4 Å². The van der Waals surface area contributed by atoms with Gasteiger partial charge in [0, 0.05) is 37.0 Å². The second-order valence-electron chi connectivity index (χ2n) is 9.31. The highest BCUT2D eigenvalue weighted by Gasteiger charge is 2.30. The Morgan fingerprint density at radius 2 is 1.76 bits per heavy atom. The van der Waals surface area contributed by atoms with E-state index in [4.69, 9.17) is 25.8 Å². The molecule has 218 valence electrons. The number of halogens is 1. The molecule has 0 spiro atoms. The largest absolute Gasteiger partial charge is 0.497 e. The van der Waals surface area contributed by atoms with Crippen LogP contribution >= 0.6 is 11.6 Å². The van der Waals surface area contributed by atoms with Crippen LogP contribution in [0.15, 0.2) is 95.6 Å². The normalized spacial score (nSPS) is 17.0. The molecule has 0 unspecified atom stereocenters. The number of hydrogen-bond donors (Lipinski definition) is 2. The maximum Gasteiger partial charge on any atom is 0.286 e. The smallest absolute Gasteiger partial charge is 0.286 e. The molecule has 11 heteroatoms. The second kappa shape index (κ2) is 14.5. The SMILES string of the molecule is COc1ccc(S(=O)(=O)N(CCO)CCO[C@H]2C[C@@H](c3ccc(Cl)cc3)C=C(C(=O)NCc3ccccc3)O2)cc1. The van der Waals surface area contributed by atoms with E-state index >= 15 is 0 Å². The minimum atomic E-state index is -3.90. The standard InChI is InChI=1S/C30H33ClN2O7S/c1-38-26-11-13-27(14-12-26)41(36,37)33(15-17-34)16-18-39-29-20-24(23-7-9-25(31)10-8-23)19-28(40-29)30(35)32-21-22-5-3-2-4-6-22/h2-14,19,24,29,34H,15-18,20-21H2,1H3,(H,32,35)/t24-,29+/m0/s1. The van der Waals surface area contributed by atoms with Gasteiger partial charge >= 0.3 is 0 Å². The average Bonchev–Trinajstić information content (AvgIpc) is 3.00. The van der Waals surface area contributed by atoms with Crippen LogP contribution in [0.25, 0.3) is 0 Å². The number of hydrogen-bond acceptors (Lipinski definition) is 7. The van der Waals surface area contributed by atoms with E-state index in [9.17, 15) is 18.3 Å². The lowest BCUT2D eigenvalue weighted by atomic mass is 9.93. The summed E-state index contributed by atoms with van der Waals surface area (Å²) >= 11 is 6.07. The molecule has 9 nitrogen and oxygen atoms in total. The Morgan fingerprint density at radius 3 is 2.41 bits per heavy atom. The molecule has 1 heterocycles. The first-order valence-electron chi connectivity index (χ1n) is 13.1. The molecule has 3 aromatic rings. The molecule has 0 saturated carbocycles. The van der Waals surface area contributed by atoms with Gasteiger partial charge in [-0.05, 0) is 53.6 Å². The maximum atomic E-state index is 13.2. The lowest BCUT2D eigenvalue weighted by molar-refractivity contribution is -0.146. The number of ether oxygens (including phenoxy) is 3. The molecule has 0 aromatic heterocycles. The molecular weight excluding hydrogens is 568 g/mol. The number of sulfonamides is 1. The first kappa shape index (κ1) is 30.5. The zero-order chi connectivity index (χ0) is 29.2. The molecule has 3 aromatic carbocycles. The minimum Gasteiger partial charge on any atom is -0.497 e. The molecular formula is C30H33ClN2O7S. The van der Waals surface area contributed by atoms with Crippen molar-refractivity contribution in [3.63, 3.8) is 0 Å². The van der Waals surface area contributed by atoms with E-state index in [1.165, 1.54) is 19.2 Å². The van der Waals surface area contributed by atoms with E-state index < -0.39 is 16.3 Å². The summed E-state index contributed by atoms with van der Waals surface area (Å²) in [7, 11) is -2.40. The molecule has 0 aliphatic carbocycles. The first-order chi connectivity index (χ1) is 19.8. The molecule has 41 heavy (non-hydrogen) atoms. The third kappa shape index (κ3) is 8.31. The number of amides is 1. The van der Waals surface area contributed by atoms with Gasteiger partial charge in [-0.15, -0.1) is 0 Å². The van der Waals surface area contributed by atoms with Crippen LogP contribution < -0.4 is 10.1 Å². The highest BCUT2D eigenvalue weighted by molar-refractivity contribution is 7.89. The van der Waals surface area contributed by atoms with Crippen molar-refractivity contribution < 1.29 is 32.5 Å². The van der Waals surface area contributed by atoms with Gasteiger partial charge in [0.15, 0.2) is 5.76 Å². The fourth-order valence-corrected chi connectivity index (χ4v) is 5.91. The van der Waals surface area contributed by atoms with Gasteiger partial charge in [0.1, 0.15) is 5.75 Å². The van der Waals surface area contributed by atoms with Crippen LogP contribution in [-0.2, 0) is 30.8 Å². The van der Waals surface area contributed by atoms with Gasteiger partial charge in [-0.25, -0.2) is 8.42 Å². The second-order valence-corrected chi connectivity index (χ2v) is 11.7. The zero-order valence-electron chi connectivity index (χ0n) is 22.6. The molecule has 0 bridgehead atoms. The van der Waals surface area contributed by atoms with Gasteiger partial charge in [-0.1, -0.05) is 54.1 Å². The van der Waals surface area contributed by atoms with Crippen molar-refractivity contribution in [3.05, 3.63) is 107 Å². The number of carbonyl (C=O) groups is 1. The molecule has 0 fully saturated rings. The Kier molecular flexibility index (Phi) is 10.8. The molecule has 1 aliphatic heterocycles. The third-order valence-electron chi connectivity index (χ3n) is 6.57. The van der Waals surface area contributed by atoms with Crippen LogP contribution in [0.1, 0.15) is 23.5 Å². The van der Waals surface area contributed by atoms with Crippen LogP contribution in [0.3, 0.4) is 0 Å². The van der Waals surface area contributed by atoms with Gasteiger partial charge in [-0.3, -0.25) is 4.79 Å². The van der Waals surface area contributed by atoms with Crippen molar-refractivity contribution in [2.45, 2.75) is 30.1 Å². The summed E-state index contributed by atoms with van der Waals surface area (Å²) in [6.45, 7) is -0.186. The quantitative estimate of drug-likeness (QED) is 0.304. The van der Waals surface area contributed by atoms with Crippen molar-refractivity contribution in [1.29, 1.82) is 0 Å². The van der Waals surface area contributed by atoms with E-state index in [2.05, 4.69) is 5.32 Å². The van der Waals surface area contributed by atoms with Crippen molar-refractivity contribution in [2.24, 2.45) is 0 Å². The Balaban J connectivity index is 1.44. The number of benzene rings is 3. The Hall–Kier alpha value is -3.41. The topological polar surface area (TPSA) is 114 Å². The Bertz CT molecular complexity index is 1420. The highest BCUT2D eigenvalue weighted by atomic mass is 35.5. The number of rotatable bonds is 13. The van der Waals surface area contributed by atoms with Gasteiger partial charge in [-0.2, -0.15) is 4.31 Å². The van der Waals surface area contributed by atoms with Crippen LogP contribution in [0.2, 0.25) is 5.02 Å². The van der Waals surface area contributed by atoms with E-state index in [0.717, 1.165) is 15.4 Å². The first-order valence-corrected chi connectivity index (χ1v) is 14.9. The van der Waals surface area contributed by atoms with Gasteiger partial charge in [0.05, 0.1) is 25.2 Å². The number of methoxy groups -OCH3 is 1. The zero-order valence-corrected chi connectivity index (χ0v) is 24.2. The van der Waals surface area contributed by atoms with Crippen LogP contribution in [0, 0.1) is 0 Å². The number of nitrogens with zero attached hydrogens (tertiary/aromatic N) is 1. The summed E-state index contributed by atoms with van der Waals surface area (Å²) in [5.41, 5.74) is 1.88. The maximum absolute atomic E-state index is 13.2. The van der Waals surface area contributed by atoms with E-state index in [1.54, 1.807) is 30.3 Å². The Labute approximate surface area is 245 Å². The minimum absolute atomic E-state index is 0.0215. The predicted molar refractivity (Wildman–Crippen MR) is 155 cm³/mol. The van der Waals surface area contributed by atoms with Crippen molar-refractivity contribution in [3.8, 4) is 5.75 Å². The fraction of sp³-hybridized carbons (Fsp3) is 0.300. The monoisotopic (exact) mass is 600 g/mol. The Morgan fingerprint density at radius 1 is 1.05 bits per heavy atom. The predicted octanol–water partition coefficient (Wildman–Crippen LogP) is 4.08. The van der Waals surface area contributed by atoms with Gasteiger partial charge in [0.25, 0.3) is 5.91 Å². The summed E-state index contributed by atoms with van der Waals surface area (Å²) in [5, 5.41) is 13.0. The summed E-state index contributed by atoms with van der Waals surface area (Å²) in [6, 6.07) is 22.9. The van der Waals surface area contributed by atoms with E-state index in [0.29, 0.717) is 23.7 Å². The number of aliphatic hydroxyl groups is 1. The van der Waals surface area contributed by atoms with Crippen LogP contribution in [-0.4, -0.2) is 63.4 Å². The number of carbonyl (C=O) groups excluding carboxylic acids is 1. The molecule has 2 N–H and O–H groups in total. The highest BCUT2D eigenvalue weighted by Crippen LogP contribution is 2.32. The van der Waals surface area contributed by atoms with E-state index in [-0.39, 0.29) is 48.8 Å². The van der Waals surface area contributed by atoms with Crippen LogP contribution in [0.5, 0.6) is 5.75 Å². The number of nitrogens with one attached hydrogen (secondary N) is 1. The molecule has 1 amide bonds. The lowest BCUT2D eigenvalue weighted by Gasteiger charge is -2.30. The van der Waals surface area contributed by atoms with Gasteiger partial charge < -0.3 is 24.6 Å². The van der Waals surface area contributed by atoms with E-state index in [1.807, 2.05) is 42.5 Å². The number of aliphatic hydroxyl groups excluding tert-OH is 1. The third-order valence-corrected chi connectivity index (χ3v) is 8.73. The van der Waals surface area contributed by atoms with Crippen molar-refractivity contribution >= 4 is 27.5 Å². The molecule has 0 radical (unpaired) electrons. The summed E-state index contributed by atoms with van der Waals surface area (Å²) < 4.78 is 44.6. The van der Waals surface area contributed by atoms with Crippen LogP contribution in [0.4, 0.5) is 0 Å². The van der Waals surface area contributed by atoms with Gasteiger partial charge in [0.2, 0.25) is 16.3 Å². The molecule has 4 rings (SSSR count). The molecule has 2 atom stereocenters. The summed E-state index contributed by atoms with van der Waals surface area (Å²) in [4.78, 5) is 13.1. The molecule has 0 saturated heterocycles. The molecule has 1 aliphatic rings. The fourth-order valence-electron chi connectivity index (χ4n) is 4.37. The number of allylic oxidation sites excluding steroid dienone is 1. The summed E-state index contributed by atoms with van der Waals surface area (Å²) in [6.07, 6.45) is 1.36. The lowest BCUT2D eigenvalue weighted by Crippen LogP contribution is -2.38. The van der Waals surface area contributed by atoms with Crippen molar-refractivity contribution in [1.82, 2.24) is 9.62 Å².